The van der Waals surface area contributed by atoms with Gasteiger partial charge in [0.15, 0.2) is 0 Å². The number of benzene rings is 1. The Bertz CT molecular complexity index is 259. The summed E-state index contributed by atoms with van der Waals surface area (Å²) in [5, 5.41) is 0. The molecule has 1 unspecified atom stereocenters. The molecule has 0 saturated heterocycles. The molecule has 0 aliphatic carbocycles. The number of alkyl halides is 1. The molecule has 0 nitrogen and oxygen atoms in total. The molecule has 0 spiro atoms. The Morgan fingerprint density at radius 2 is 2.18 bits per heavy atom. The van der Waals surface area contributed by atoms with Crippen LogP contribution in [0.2, 0.25) is 0 Å². The van der Waals surface area contributed by atoms with Gasteiger partial charge in [0.05, 0.1) is 4.16 Å². The average molecular weight is 229 g/mol. The molecule has 1 heterocycles. The Kier molecular flexibility index (Phi) is 2.23. The van der Waals surface area contributed by atoms with E-state index in [1.54, 1.807) is 0 Å². The van der Waals surface area contributed by atoms with Crippen LogP contribution in [-0.4, -0.2) is 5.75 Å². The Morgan fingerprint density at radius 3 is 3.00 bits per heavy atom. The van der Waals surface area contributed by atoms with Gasteiger partial charge in [-0.05, 0) is 23.3 Å². The standard InChI is InChI=1S/C9H9BrS/c10-9-8-4-2-1-3-7(8)5-6-11-9/h1-4,9H,5-6H2. The summed E-state index contributed by atoms with van der Waals surface area (Å²) in [6, 6.07) is 8.66. The van der Waals surface area contributed by atoms with Crippen molar-refractivity contribution in [3.05, 3.63) is 35.4 Å². The van der Waals surface area contributed by atoms with E-state index in [0.717, 1.165) is 0 Å². The van der Waals surface area contributed by atoms with Gasteiger partial charge in [0, 0.05) is 0 Å². The highest BCUT2D eigenvalue weighted by atomic mass is 79.9. The van der Waals surface area contributed by atoms with Crippen molar-refractivity contribution in [2.24, 2.45) is 0 Å². The number of hydrogen-bond donors (Lipinski definition) is 0. The van der Waals surface area contributed by atoms with E-state index in [9.17, 15) is 0 Å². The first-order valence-electron chi connectivity index (χ1n) is 3.71. The molecule has 0 saturated carbocycles. The molecule has 0 N–H and O–H groups in total. The minimum absolute atomic E-state index is 0.521. The molecule has 0 amide bonds. The lowest BCUT2D eigenvalue weighted by atomic mass is 10.1. The van der Waals surface area contributed by atoms with E-state index >= 15 is 0 Å². The normalized spacial score (nSPS) is 22.8. The smallest absolute Gasteiger partial charge is 0.0851 e. The van der Waals surface area contributed by atoms with Gasteiger partial charge in [-0.15, -0.1) is 11.8 Å². The van der Waals surface area contributed by atoms with Crippen LogP contribution in [0.5, 0.6) is 0 Å². The first-order chi connectivity index (χ1) is 5.38. The van der Waals surface area contributed by atoms with Crippen LogP contribution in [0, 0.1) is 0 Å². The maximum absolute atomic E-state index is 3.65. The molecule has 2 heteroatoms. The van der Waals surface area contributed by atoms with Crippen LogP contribution in [0.1, 0.15) is 15.3 Å². The molecular weight excluding hydrogens is 220 g/mol. The van der Waals surface area contributed by atoms with Crippen LogP contribution >= 0.6 is 27.7 Å². The average Bonchev–Trinajstić information content (AvgIpc) is 2.06. The van der Waals surface area contributed by atoms with E-state index in [0.29, 0.717) is 4.16 Å². The van der Waals surface area contributed by atoms with E-state index in [1.807, 2.05) is 11.8 Å². The maximum Gasteiger partial charge on any atom is 0.0851 e. The van der Waals surface area contributed by atoms with Crippen molar-refractivity contribution in [1.29, 1.82) is 0 Å². The summed E-state index contributed by atoms with van der Waals surface area (Å²) in [6.07, 6.45) is 1.23. The van der Waals surface area contributed by atoms with E-state index in [4.69, 9.17) is 0 Å². The molecule has 1 aliphatic rings. The van der Waals surface area contributed by atoms with Crippen molar-refractivity contribution in [2.75, 3.05) is 5.75 Å². The molecular formula is C9H9BrS. The third kappa shape index (κ3) is 1.47. The van der Waals surface area contributed by atoms with Gasteiger partial charge >= 0.3 is 0 Å². The Balaban J connectivity index is 2.44. The predicted octanol–water partition coefficient (Wildman–Crippen LogP) is 3.37. The van der Waals surface area contributed by atoms with E-state index < -0.39 is 0 Å². The number of halogens is 1. The second-order valence-electron chi connectivity index (χ2n) is 2.64. The minimum Gasteiger partial charge on any atom is -0.142 e. The van der Waals surface area contributed by atoms with Crippen molar-refractivity contribution in [3.63, 3.8) is 0 Å². The van der Waals surface area contributed by atoms with E-state index in [1.165, 1.54) is 23.3 Å². The number of hydrogen-bond acceptors (Lipinski definition) is 1. The molecule has 2 rings (SSSR count). The maximum atomic E-state index is 3.65. The van der Waals surface area contributed by atoms with Gasteiger partial charge in [0.2, 0.25) is 0 Å². The second kappa shape index (κ2) is 3.20. The fraction of sp³-hybridized carbons (Fsp3) is 0.333. The topological polar surface area (TPSA) is 0 Å². The Morgan fingerprint density at radius 1 is 1.36 bits per heavy atom. The Labute approximate surface area is 79.5 Å². The van der Waals surface area contributed by atoms with Crippen LogP contribution in [-0.2, 0) is 6.42 Å². The minimum atomic E-state index is 0.521. The highest BCUT2D eigenvalue weighted by Gasteiger charge is 2.16. The van der Waals surface area contributed by atoms with Gasteiger partial charge in [-0.25, -0.2) is 0 Å². The first kappa shape index (κ1) is 7.69. The molecule has 58 valence electrons. The van der Waals surface area contributed by atoms with E-state index in [2.05, 4.69) is 40.2 Å². The number of fused-ring (bicyclic) bond motifs is 1. The van der Waals surface area contributed by atoms with Crippen molar-refractivity contribution in [2.45, 2.75) is 10.6 Å². The quantitative estimate of drug-likeness (QED) is 0.614. The summed E-state index contributed by atoms with van der Waals surface area (Å²) >= 11 is 5.63. The van der Waals surface area contributed by atoms with Crippen LogP contribution in [0.3, 0.4) is 0 Å². The van der Waals surface area contributed by atoms with Crippen LogP contribution in [0.25, 0.3) is 0 Å². The highest BCUT2D eigenvalue weighted by Crippen LogP contribution is 2.40. The molecule has 0 aromatic heterocycles. The fourth-order valence-electron chi connectivity index (χ4n) is 1.35. The van der Waals surface area contributed by atoms with E-state index in [-0.39, 0.29) is 0 Å². The van der Waals surface area contributed by atoms with Gasteiger partial charge in [-0.3, -0.25) is 0 Å². The molecule has 1 atom stereocenters. The number of aryl methyl sites for hydroxylation is 1. The second-order valence-corrected chi connectivity index (χ2v) is 5.37. The summed E-state index contributed by atoms with van der Waals surface area (Å²) in [4.78, 5) is 0. The molecule has 0 radical (unpaired) electrons. The molecule has 1 aromatic rings. The third-order valence-corrected chi connectivity index (χ3v) is 4.21. The summed E-state index contributed by atoms with van der Waals surface area (Å²) in [7, 11) is 0. The molecule has 1 aromatic carbocycles. The molecule has 0 fully saturated rings. The summed E-state index contributed by atoms with van der Waals surface area (Å²) in [6.45, 7) is 0. The van der Waals surface area contributed by atoms with Crippen molar-refractivity contribution < 1.29 is 0 Å². The Hall–Kier alpha value is 0.0500. The lowest BCUT2D eigenvalue weighted by Gasteiger charge is -2.19. The molecule has 11 heavy (non-hydrogen) atoms. The zero-order valence-electron chi connectivity index (χ0n) is 6.09. The number of rotatable bonds is 0. The monoisotopic (exact) mass is 228 g/mol. The van der Waals surface area contributed by atoms with Crippen LogP contribution < -0.4 is 0 Å². The number of thioether (sulfide) groups is 1. The van der Waals surface area contributed by atoms with Crippen LogP contribution in [0.15, 0.2) is 24.3 Å². The van der Waals surface area contributed by atoms with Crippen molar-refractivity contribution in [3.8, 4) is 0 Å². The predicted molar refractivity (Wildman–Crippen MR) is 54.3 cm³/mol. The summed E-state index contributed by atoms with van der Waals surface area (Å²) < 4.78 is 0.521. The van der Waals surface area contributed by atoms with Gasteiger partial charge < -0.3 is 0 Å². The van der Waals surface area contributed by atoms with Gasteiger partial charge in [0.25, 0.3) is 0 Å². The lowest BCUT2D eigenvalue weighted by molar-refractivity contribution is 1.08. The van der Waals surface area contributed by atoms with Gasteiger partial charge in [-0.1, -0.05) is 40.2 Å². The summed E-state index contributed by atoms with van der Waals surface area (Å²) in [5.41, 5.74) is 2.97. The zero-order chi connectivity index (χ0) is 7.68. The van der Waals surface area contributed by atoms with Crippen molar-refractivity contribution >= 4 is 27.7 Å². The highest BCUT2D eigenvalue weighted by molar-refractivity contribution is 9.11. The van der Waals surface area contributed by atoms with Crippen molar-refractivity contribution in [1.82, 2.24) is 0 Å². The van der Waals surface area contributed by atoms with Gasteiger partial charge in [-0.2, -0.15) is 0 Å². The first-order valence-corrected chi connectivity index (χ1v) is 5.68. The van der Waals surface area contributed by atoms with Gasteiger partial charge in [0.1, 0.15) is 0 Å². The largest absolute Gasteiger partial charge is 0.142 e. The molecule has 0 bridgehead atoms. The fourth-order valence-corrected chi connectivity index (χ4v) is 3.31. The third-order valence-electron chi connectivity index (χ3n) is 1.94. The SMILES string of the molecule is BrC1SCCc2ccccc21. The zero-order valence-corrected chi connectivity index (χ0v) is 8.49. The lowest BCUT2D eigenvalue weighted by Crippen LogP contribution is -2.03. The molecule has 1 aliphatic heterocycles. The van der Waals surface area contributed by atoms with Crippen LogP contribution in [0.4, 0.5) is 0 Å². The summed E-state index contributed by atoms with van der Waals surface area (Å²) in [5.74, 6) is 1.24.